The highest BCUT2D eigenvalue weighted by atomic mass is 32.1. The predicted molar refractivity (Wildman–Crippen MR) is 52.0 cm³/mol. The minimum atomic E-state index is 1.10. The van der Waals surface area contributed by atoms with Gasteiger partial charge in [0.05, 0.1) is 12.5 Å². The fourth-order valence-corrected chi connectivity index (χ4v) is 1.55. The highest BCUT2D eigenvalue weighted by molar-refractivity contribution is 7.10. The van der Waals surface area contributed by atoms with E-state index < -0.39 is 0 Å². The molecule has 0 aliphatic rings. The van der Waals surface area contributed by atoms with Gasteiger partial charge in [-0.15, -0.1) is 11.3 Å². The second-order valence-electron chi connectivity index (χ2n) is 2.41. The fraction of sp³-hybridized carbons (Fsp3) is 0. The molecule has 2 aromatic heterocycles. The minimum absolute atomic E-state index is 1.10. The average molecular weight is 176 g/mol. The van der Waals surface area contributed by atoms with Crippen molar-refractivity contribution in [2.75, 3.05) is 0 Å². The van der Waals surface area contributed by atoms with Crippen molar-refractivity contribution < 1.29 is 4.42 Å². The van der Waals surface area contributed by atoms with E-state index in [0.29, 0.717) is 0 Å². The summed E-state index contributed by atoms with van der Waals surface area (Å²) in [5.41, 5.74) is 1.10. The van der Waals surface area contributed by atoms with E-state index >= 15 is 0 Å². The van der Waals surface area contributed by atoms with E-state index in [-0.39, 0.29) is 0 Å². The minimum Gasteiger partial charge on any atom is -0.472 e. The van der Waals surface area contributed by atoms with Gasteiger partial charge in [0.15, 0.2) is 0 Å². The van der Waals surface area contributed by atoms with Crippen LogP contribution in [0.15, 0.2) is 40.5 Å². The standard InChI is InChI=1S/C10H8OS/c1-2-10(12-7-1)4-3-9-5-6-11-8-9/h1-8H/b4-3+. The molecule has 60 valence electrons. The van der Waals surface area contributed by atoms with Crippen LogP contribution in [0.4, 0.5) is 0 Å². The maximum Gasteiger partial charge on any atom is 0.0974 e. The molecule has 0 bridgehead atoms. The maximum absolute atomic E-state index is 4.94. The largest absolute Gasteiger partial charge is 0.472 e. The van der Waals surface area contributed by atoms with Crippen LogP contribution in [-0.4, -0.2) is 0 Å². The van der Waals surface area contributed by atoms with Gasteiger partial charge in [0.2, 0.25) is 0 Å². The number of thiophene rings is 1. The molecule has 2 heteroatoms. The molecular formula is C10H8OS. The molecule has 0 unspecified atom stereocenters. The third-order valence-corrected chi connectivity index (χ3v) is 2.36. The quantitative estimate of drug-likeness (QED) is 0.682. The third-order valence-electron chi connectivity index (χ3n) is 1.53. The van der Waals surface area contributed by atoms with E-state index in [1.807, 2.05) is 18.2 Å². The molecule has 0 N–H and O–H groups in total. The Morgan fingerprint density at radius 1 is 1.25 bits per heavy atom. The number of hydrogen-bond donors (Lipinski definition) is 0. The van der Waals surface area contributed by atoms with Crippen LogP contribution in [0.3, 0.4) is 0 Å². The molecule has 0 spiro atoms. The first-order chi connectivity index (χ1) is 5.95. The van der Waals surface area contributed by atoms with Crippen molar-refractivity contribution in [2.24, 2.45) is 0 Å². The normalized spacial score (nSPS) is 11.0. The highest BCUT2D eigenvalue weighted by Crippen LogP contribution is 2.13. The van der Waals surface area contributed by atoms with E-state index in [2.05, 4.69) is 17.5 Å². The second kappa shape index (κ2) is 3.41. The van der Waals surface area contributed by atoms with Gasteiger partial charge in [-0.2, -0.15) is 0 Å². The lowest BCUT2D eigenvalue weighted by Gasteiger charge is -1.81. The van der Waals surface area contributed by atoms with Gasteiger partial charge in [-0.05, 0) is 23.6 Å². The van der Waals surface area contributed by atoms with Gasteiger partial charge in [-0.1, -0.05) is 12.1 Å². The zero-order chi connectivity index (χ0) is 8.23. The summed E-state index contributed by atoms with van der Waals surface area (Å²) in [6.45, 7) is 0. The van der Waals surface area contributed by atoms with Crippen LogP contribution in [-0.2, 0) is 0 Å². The Balaban J connectivity index is 2.14. The van der Waals surface area contributed by atoms with Crippen LogP contribution in [0, 0.1) is 0 Å². The summed E-state index contributed by atoms with van der Waals surface area (Å²) in [7, 11) is 0. The summed E-state index contributed by atoms with van der Waals surface area (Å²) < 4.78 is 4.94. The van der Waals surface area contributed by atoms with Crippen molar-refractivity contribution in [3.05, 3.63) is 46.5 Å². The lowest BCUT2D eigenvalue weighted by atomic mass is 10.3. The first kappa shape index (κ1) is 7.37. The van der Waals surface area contributed by atoms with Gasteiger partial charge in [0.25, 0.3) is 0 Å². The number of hydrogen-bond acceptors (Lipinski definition) is 2. The average Bonchev–Trinajstić information content (AvgIpc) is 2.74. The molecule has 0 saturated heterocycles. The molecule has 2 aromatic rings. The zero-order valence-electron chi connectivity index (χ0n) is 6.44. The molecular weight excluding hydrogens is 168 g/mol. The molecule has 12 heavy (non-hydrogen) atoms. The van der Waals surface area contributed by atoms with Gasteiger partial charge in [0.1, 0.15) is 0 Å². The van der Waals surface area contributed by atoms with Gasteiger partial charge in [-0.25, -0.2) is 0 Å². The second-order valence-corrected chi connectivity index (χ2v) is 3.38. The number of rotatable bonds is 2. The topological polar surface area (TPSA) is 13.1 Å². The summed E-state index contributed by atoms with van der Waals surface area (Å²) in [6, 6.07) is 6.06. The Labute approximate surface area is 75.0 Å². The molecule has 2 heterocycles. The predicted octanol–water partition coefficient (Wildman–Crippen LogP) is 3.51. The van der Waals surface area contributed by atoms with Crippen molar-refractivity contribution in [3.8, 4) is 0 Å². The summed E-state index contributed by atoms with van der Waals surface area (Å²) in [4.78, 5) is 1.26. The van der Waals surface area contributed by atoms with Crippen LogP contribution in [0.25, 0.3) is 12.2 Å². The maximum atomic E-state index is 4.94. The van der Waals surface area contributed by atoms with E-state index in [4.69, 9.17) is 4.42 Å². The molecule has 0 aliphatic heterocycles. The molecule has 0 aromatic carbocycles. The Morgan fingerprint density at radius 2 is 2.25 bits per heavy atom. The van der Waals surface area contributed by atoms with Crippen LogP contribution in [0.5, 0.6) is 0 Å². The van der Waals surface area contributed by atoms with Gasteiger partial charge >= 0.3 is 0 Å². The Kier molecular flexibility index (Phi) is 2.10. The van der Waals surface area contributed by atoms with Crippen LogP contribution >= 0.6 is 11.3 Å². The van der Waals surface area contributed by atoms with E-state index in [1.54, 1.807) is 23.9 Å². The van der Waals surface area contributed by atoms with Crippen molar-refractivity contribution in [1.82, 2.24) is 0 Å². The van der Waals surface area contributed by atoms with Crippen LogP contribution < -0.4 is 0 Å². The molecule has 0 fully saturated rings. The summed E-state index contributed by atoms with van der Waals surface area (Å²) in [5.74, 6) is 0. The monoisotopic (exact) mass is 176 g/mol. The Hall–Kier alpha value is -1.28. The van der Waals surface area contributed by atoms with Crippen molar-refractivity contribution >= 4 is 23.5 Å². The van der Waals surface area contributed by atoms with Crippen LogP contribution in [0.2, 0.25) is 0 Å². The molecule has 2 rings (SSSR count). The van der Waals surface area contributed by atoms with Crippen molar-refractivity contribution in [3.63, 3.8) is 0 Å². The smallest absolute Gasteiger partial charge is 0.0974 e. The molecule has 0 saturated carbocycles. The Bertz CT molecular complexity index is 307. The third kappa shape index (κ3) is 1.66. The first-order valence-corrected chi connectivity index (χ1v) is 4.57. The molecule has 0 radical (unpaired) electrons. The van der Waals surface area contributed by atoms with Crippen molar-refractivity contribution in [2.45, 2.75) is 0 Å². The first-order valence-electron chi connectivity index (χ1n) is 3.69. The molecule has 0 amide bonds. The summed E-state index contributed by atoms with van der Waals surface area (Å²) in [6.07, 6.45) is 7.52. The fourth-order valence-electron chi connectivity index (χ4n) is 0.934. The van der Waals surface area contributed by atoms with E-state index in [1.165, 1.54) is 4.88 Å². The highest BCUT2D eigenvalue weighted by Gasteiger charge is 1.87. The lowest BCUT2D eigenvalue weighted by Crippen LogP contribution is -1.59. The molecule has 0 atom stereocenters. The Morgan fingerprint density at radius 3 is 2.92 bits per heavy atom. The SMILES string of the molecule is C(=C\c1cccs1)/c1ccoc1. The van der Waals surface area contributed by atoms with Gasteiger partial charge in [-0.3, -0.25) is 0 Å². The molecule has 0 aliphatic carbocycles. The zero-order valence-corrected chi connectivity index (χ0v) is 7.25. The van der Waals surface area contributed by atoms with Crippen LogP contribution in [0.1, 0.15) is 10.4 Å². The van der Waals surface area contributed by atoms with Crippen molar-refractivity contribution in [1.29, 1.82) is 0 Å². The summed E-state index contributed by atoms with van der Waals surface area (Å²) in [5, 5.41) is 2.06. The number of furan rings is 1. The lowest BCUT2D eigenvalue weighted by molar-refractivity contribution is 0.567. The van der Waals surface area contributed by atoms with Gasteiger partial charge < -0.3 is 4.42 Å². The van der Waals surface area contributed by atoms with E-state index in [9.17, 15) is 0 Å². The van der Waals surface area contributed by atoms with Gasteiger partial charge in [0, 0.05) is 10.4 Å². The van der Waals surface area contributed by atoms with E-state index in [0.717, 1.165) is 5.56 Å². The molecule has 1 nitrogen and oxygen atoms in total. The summed E-state index contributed by atoms with van der Waals surface area (Å²) >= 11 is 1.73.